The number of thiophene rings is 1. The van der Waals surface area contributed by atoms with Crippen molar-refractivity contribution in [1.82, 2.24) is 19.5 Å². The minimum atomic E-state index is 0.0958. The lowest BCUT2D eigenvalue weighted by molar-refractivity contribution is 0.750. The van der Waals surface area contributed by atoms with Crippen LogP contribution in [0.5, 0.6) is 0 Å². The van der Waals surface area contributed by atoms with Gasteiger partial charge in [-0.1, -0.05) is 121 Å². The monoisotopic (exact) mass is 582 g/mol. The maximum absolute atomic E-state index is 5.16. The molecule has 1 aliphatic rings. The van der Waals surface area contributed by atoms with Crippen molar-refractivity contribution in [1.29, 1.82) is 0 Å². The van der Waals surface area contributed by atoms with Crippen LogP contribution in [0.1, 0.15) is 18.2 Å². The number of benzene rings is 5. The highest BCUT2D eigenvalue weighted by Gasteiger charge is 2.21. The molecule has 0 saturated carbocycles. The zero-order valence-electron chi connectivity index (χ0n) is 23.8. The summed E-state index contributed by atoms with van der Waals surface area (Å²) in [5.74, 6) is 2.20. The predicted molar refractivity (Wildman–Crippen MR) is 184 cm³/mol. The minimum Gasteiger partial charge on any atom is -0.278 e. The number of fused-ring (bicyclic) bond motifs is 6. The molecule has 0 amide bonds. The van der Waals surface area contributed by atoms with Gasteiger partial charge in [0.15, 0.2) is 5.82 Å². The second-order valence-corrected chi connectivity index (χ2v) is 12.3. The quantitative estimate of drug-likeness (QED) is 0.207. The highest BCUT2D eigenvalue weighted by atomic mass is 32.1. The summed E-state index contributed by atoms with van der Waals surface area (Å²) in [4.78, 5) is 15.3. The molecule has 0 fully saturated rings. The predicted octanol–water partition coefficient (Wildman–Crippen LogP) is 10.3. The molecule has 0 aliphatic heterocycles. The van der Waals surface area contributed by atoms with Gasteiger partial charge in [-0.05, 0) is 35.7 Å². The molecule has 44 heavy (non-hydrogen) atoms. The van der Waals surface area contributed by atoms with Gasteiger partial charge in [0.2, 0.25) is 5.95 Å². The fourth-order valence-corrected chi connectivity index (χ4v) is 7.70. The Morgan fingerprint density at radius 2 is 1.41 bits per heavy atom. The van der Waals surface area contributed by atoms with Crippen LogP contribution < -0.4 is 0 Å². The minimum absolute atomic E-state index is 0.0958. The Morgan fingerprint density at radius 1 is 0.614 bits per heavy atom. The molecule has 3 aromatic heterocycles. The third kappa shape index (κ3) is 4.01. The average molecular weight is 583 g/mol. The number of hydrogen-bond acceptors (Lipinski definition) is 4. The van der Waals surface area contributed by atoms with Gasteiger partial charge in [-0.3, -0.25) is 4.57 Å². The number of rotatable bonds is 4. The van der Waals surface area contributed by atoms with Gasteiger partial charge in [0.1, 0.15) is 5.82 Å². The Bertz CT molecular complexity index is 2430. The topological polar surface area (TPSA) is 43.6 Å². The van der Waals surface area contributed by atoms with E-state index in [1.807, 2.05) is 29.5 Å². The van der Waals surface area contributed by atoms with Crippen molar-refractivity contribution in [3.05, 3.63) is 145 Å². The van der Waals surface area contributed by atoms with Crippen molar-refractivity contribution in [2.24, 2.45) is 0 Å². The summed E-state index contributed by atoms with van der Waals surface area (Å²) in [7, 11) is 0. The number of nitrogens with zero attached hydrogens (tertiary/aromatic N) is 4. The number of para-hydroxylation sites is 1. The second-order valence-electron chi connectivity index (χ2n) is 11.2. The van der Waals surface area contributed by atoms with Gasteiger partial charge in [0.05, 0.1) is 11.0 Å². The molecule has 5 aromatic carbocycles. The van der Waals surface area contributed by atoms with Crippen LogP contribution in [0.3, 0.4) is 0 Å². The molecule has 9 rings (SSSR count). The summed E-state index contributed by atoms with van der Waals surface area (Å²) in [6.45, 7) is 0. The number of hydrogen-bond donors (Lipinski definition) is 0. The zero-order chi connectivity index (χ0) is 29.0. The lowest BCUT2D eigenvalue weighted by atomic mass is 10.00. The Balaban J connectivity index is 1.31. The van der Waals surface area contributed by atoms with Crippen LogP contribution in [0.4, 0.5) is 0 Å². The van der Waals surface area contributed by atoms with E-state index >= 15 is 0 Å². The standard InChI is InChI=1S/C39H26N4S/c1-3-12-25(13-4-1)37-40-38(26-14-5-2-6-15-26)42-39(41-37)43-33-20-9-7-16-29(33)30-23-22-27(24-34(30)43)28-18-11-19-32-31-17-8-10-21-35(31)44-36(28)32/h1-14,16-24,26H,15H2. The maximum Gasteiger partial charge on any atom is 0.238 e. The van der Waals surface area contributed by atoms with Crippen LogP contribution in [-0.2, 0) is 0 Å². The molecule has 1 atom stereocenters. The molecule has 0 saturated heterocycles. The first-order chi connectivity index (χ1) is 21.8. The molecule has 1 unspecified atom stereocenters. The Morgan fingerprint density at radius 3 is 2.30 bits per heavy atom. The van der Waals surface area contributed by atoms with Crippen LogP contribution in [0, 0.1) is 0 Å². The molecule has 8 aromatic rings. The van der Waals surface area contributed by atoms with E-state index in [4.69, 9.17) is 15.0 Å². The van der Waals surface area contributed by atoms with Gasteiger partial charge >= 0.3 is 0 Å². The van der Waals surface area contributed by atoms with Crippen LogP contribution >= 0.6 is 11.3 Å². The van der Waals surface area contributed by atoms with Crippen LogP contribution in [0.15, 0.2) is 140 Å². The fourth-order valence-electron chi connectivity index (χ4n) is 6.46. The molecule has 3 heterocycles. The Kier molecular flexibility index (Phi) is 5.78. The van der Waals surface area contributed by atoms with Gasteiger partial charge in [0.25, 0.3) is 0 Å². The molecule has 0 N–H and O–H groups in total. The van der Waals surface area contributed by atoms with Crippen molar-refractivity contribution in [3.63, 3.8) is 0 Å². The largest absolute Gasteiger partial charge is 0.278 e. The van der Waals surface area contributed by atoms with E-state index in [1.165, 1.54) is 42.1 Å². The van der Waals surface area contributed by atoms with Gasteiger partial charge in [-0.2, -0.15) is 9.97 Å². The van der Waals surface area contributed by atoms with Gasteiger partial charge < -0.3 is 0 Å². The highest BCUT2D eigenvalue weighted by molar-refractivity contribution is 7.26. The van der Waals surface area contributed by atoms with Crippen molar-refractivity contribution < 1.29 is 0 Å². The molecule has 0 radical (unpaired) electrons. The van der Waals surface area contributed by atoms with E-state index in [2.05, 4.69) is 126 Å². The smallest absolute Gasteiger partial charge is 0.238 e. The van der Waals surface area contributed by atoms with Crippen molar-refractivity contribution >= 4 is 53.3 Å². The number of allylic oxidation sites excluding steroid dienone is 4. The van der Waals surface area contributed by atoms with E-state index in [0.29, 0.717) is 11.8 Å². The van der Waals surface area contributed by atoms with Crippen LogP contribution in [0.2, 0.25) is 0 Å². The van der Waals surface area contributed by atoms with Crippen molar-refractivity contribution in [2.45, 2.75) is 12.3 Å². The summed E-state index contributed by atoms with van der Waals surface area (Å²) in [5.41, 5.74) is 5.55. The molecule has 5 heteroatoms. The maximum atomic E-state index is 5.16. The Labute approximate surface area is 258 Å². The molecule has 0 spiro atoms. The molecule has 1 aliphatic carbocycles. The summed E-state index contributed by atoms with van der Waals surface area (Å²) < 4.78 is 4.84. The first-order valence-corrected chi connectivity index (χ1v) is 15.7. The normalized spacial score (nSPS) is 14.8. The first-order valence-electron chi connectivity index (χ1n) is 14.9. The lowest BCUT2D eigenvalue weighted by Crippen LogP contribution is -2.11. The molecular formula is C39H26N4S. The van der Waals surface area contributed by atoms with Crippen LogP contribution in [-0.4, -0.2) is 19.5 Å². The zero-order valence-corrected chi connectivity index (χ0v) is 24.6. The van der Waals surface area contributed by atoms with Gasteiger partial charge in [-0.25, -0.2) is 4.98 Å². The highest BCUT2D eigenvalue weighted by Crippen LogP contribution is 2.41. The Hall–Kier alpha value is -5.39. The third-order valence-corrected chi connectivity index (χ3v) is 9.79. The van der Waals surface area contributed by atoms with E-state index in [9.17, 15) is 0 Å². The summed E-state index contributed by atoms with van der Waals surface area (Å²) in [6, 6.07) is 40.9. The molecular weight excluding hydrogens is 557 g/mol. The first kappa shape index (κ1) is 25.1. The summed E-state index contributed by atoms with van der Waals surface area (Å²) in [6.07, 6.45) is 9.40. The van der Waals surface area contributed by atoms with Crippen molar-refractivity contribution in [2.75, 3.05) is 0 Å². The average Bonchev–Trinajstić information content (AvgIpc) is 3.64. The van der Waals surface area contributed by atoms with Gasteiger partial charge in [-0.15, -0.1) is 11.3 Å². The fraction of sp³-hybridized carbons (Fsp3) is 0.0513. The number of aromatic nitrogens is 4. The van der Waals surface area contributed by atoms with E-state index in [-0.39, 0.29) is 5.92 Å². The summed E-state index contributed by atoms with van der Waals surface area (Å²) >= 11 is 1.86. The van der Waals surface area contributed by atoms with E-state index in [0.717, 1.165) is 28.8 Å². The van der Waals surface area contributed by atoms with Crippen LogP contribution in [0.25, 0.3) is 70.4 Å². The van der Waals surface area contributed by atoms with E-state index in [1.54, 1.807) is 0 Å². The lowest BCUT2D eigenvalue weighted by Gasteiger charge is -2.15. The van der Waals surface area contributed by atoms with Crippen molar-refractivity contribution in [3.8, 4) is 28.5 Å². The molecule has 0 bridgehead atoms. The van der Waals surface area contributed by atoms with Gasteiger partial charge in [0, 0.05) is 42.4 Å². The molecule has 4 nitrogen and oxygen atoms in total. The SMILES string of the molecule is C1=CCC(c2nc(-c3ccccc3)nc(-n3c4ccccc4c4ccc(-c5cccc6c5sc5ccccc56)cc43)n2)C=C1. The van der Waals surface area contributed by atoms with E-state index < -0.39 is 0 Å². The third-order valence-electron chi connectivity index (χ3n) is 8.57. The second kappa shape index (κ2) is 10.1. The molecule has 208 valence electrons. The summed E-state index contributed by atoms with van der Waals surface area (Å²) in [5, 5.41) is 4.96.